The van der Waals surface area contributed by atoms with E-state index in [0.29, 0.717) is 6.54 Å². The molecule has 1 aromatic heterocycles. The number of hydrogen-bond acceptors (Lipinski definition) is 2. The second-order valence-corrected chi connectivity index (χ2v) is 4.27. The first-order valence-corrected chi connectivity index (χ1v) is 6.28. The molecule has 0 spiro atoms. The SMILES string of the molecule is CCNC(CC)c1cnn(CCCC(F)(F)F)c1. The average molecular weight is 263 g/mol. The molecule has 104 valence electrons. The van der Waals surface area contributed by atoms with Crippen molar-refractivity contribution in [2.45, 2.75) is 51.9 Å². The standard InChI is InChI=1S/C12H20F3N3/c1-3-11(16-4-2)10-8-17-18(9-10)7-5-6-12(13,14)15/h8-9,11,16H,3-7H2,1-2H3. The number of hydrogen-bond donors (Lipinski definition) is 1. The molecule has 0 aromatic carbocycles. The summed E-state index contributed by atoms with van der Waals surface area (Å²) in [6.45, 7) is 5.25. The van der Waals surface area contributed by atoms with Gasteiger partial charge in [-0.25, -0.2) is 0 Å². The molecule has 0 saturated heterocycles. The Morgan fingerprint density at radius 2 is 2.11 bits per heavy atom. The van der Waals surface area contributed by atoms with Crippen LogP contribution in [0.25, 0.3) is 0 Å². The van der Waals surface area contributed by atoms with Gasteiger partial charge in [0.15, 0.2) is 0 Å². The van der Waals surface area contributed by atoms with Gasteiger partial charge >= 0.3 is 6.18 Å². The van der Waals surface area contributed by atoms with Gasteiger partial charge in [-0.15, -0.1) is 0 Å². The van der Waals surface area contributed by atoms with E-state index in [1.165, 1.54) is 0 Å². The van der Waals surface area contributed by atoms with Crippen LogP contribution in [0.3, 0.4) is 0 Å². The van der Waals surface area contributed by atoms with Crippen LogP contribution in [0.1, 0.15) is 44.7 Å². The molecule has 0 bridgehead atoms. The molecule has 0 amide bonds. The van der Waals surface area contributed by atoms with Gasteiger partial charge in [0, 0.05) is 30.8 Å². The highest BCUT2D eigenvalue weighted by Crippen LogP contribution is 2.22. The predicted molar refractivity (Wildman–Crippen MR) is 64.2 cm³/mol. The summed E-state index contributed by atoms with van der Waals surface area (Å²) in [7, 11) is 0. The van der Waals surface area contributed by atoms with Crippen LogP contribution in [0.2, 0.25) is 0 Å². The number of nitrogens with one attached hydrogen (secondary N) is 1. The van der Waals surface area contributed by atoms with Crippen LogP contribution in [0, 0.1) is 0 Å². The molecule has 0 aliphatic heterocycles. The Hall–Kier alpha value is -1.04. The van der Waals surface area contributed by atoms with E-state index >= 15 is 0 Å². The fourth-order valence-corrected chi connectivity index (χ4v) is 1.87. The zero-order valence-electron chi connectivity index (χ0n) is 10.8. The van der Waals surface area contributed by atoms with Crippen LogP contribution >= 0.6 is 0 Å². The van der Waals surface area contributed by atoms with Crippen LogP contribution in [0.5, 0.6) is 0 Å². The minimum Gasteiger partial charge on any atom is -0.310 e. The van der Waals surface area contributed by atoms with Gasteiger partial charge in [0.1, 0.15) is 0 Å². The molecular formula is C12H20F3N3. The third-order valence-electron chi connectivity index (χ3n) is 2.76. The molecule has 0 saturated carbocycles. The van der Waals surface area contributed by atoms with Crippen molar-refractivity contribution in [3.63, 3.8) is 0 Å². The van der Waals surface area contributed by atoms with E-state index in [4.69, 9.17) is 0 Å². The van der Waals surface area contributed by atoms with Crippen LogP contribution in [0.15, 0.2) is 12.4 Å². The summed E-state index contributed by atoms with van der Waals surface area (Å²) in [5.74, 6) is 0. The Kier molecular flexibility index (Phi) is 5.65. The van der Waals surface area contributed by atoms with Gasteiger partial charge in [0.25, 0.3) is 0 Å². The summed E-state index contributed by atoms with van der Waals surface area (Å²) >= 11 is 0. The Morgan fingerprint density at radius 3 is 2.67 bits per heavy atom. The zero-order valence-corrected chi connectivity index (χ0v) is 10.8. The minimum atomic E-state index is -4.08. The van der Waals surface area contributed by atoms with E-state index in [-0.39, 0.29) is 12.5 Å². The van der Waals surface area contributed by atoms with E-state index < -0.39 is 12.6 Å². The number of nitrogens with zero attached hydrogens (tertiary/aromatic N) is 2. The Bertz CT molecular complexity index is 347. The molecule has 3 nitrogen and oxygen atoms in total. The lowest BCUT2D eigenvalue weighted by Crippen LogP contribution is -2.19. The molecule has 1 N–H and O–H groups in total. The molecule has 1 aromatic rings. The van der Waals surface area contributed by atoms with E-state index in [2.05, 4.69) is 17.3 Å². The van der Waals surface area contributed by atoms with Gasteiger partial charge in [-0.3, -0.25) is 4.68 Å². The number of aryl methyl sites for hydroxylation is 1. The number of aromatic nitrogens is 2. The highest BCUT2D eigenvalue weighted by molar-refractivity contribution is 5.10. The smallest absolute Gasteiger partial charge is 0.310 e. The Morgan fingerprint density at radius 1 is 1.39 bits per heavy atom. The molecule has 0 aliphatic carbocycles. The molecule has 0 aliphatic rings. The molecule has 1 rings (SSSR count). The van der Waals surface area contributed by atoms with Crippen molar-refractivity contribution in [1.29, 1.82) is 0 Å². The summed E-state index contributed by atoms with van der Waals surface area (Å²) in [6.07, 6.45) is -0.277. The van der Waals surface area contributed by atoms with Crippen LogP contribution in [-0.2, 0) is 6.54 Å². The van der Waals surface area contributed by atoms with Crippen molar-refractivity contribution in [2.75, 3.05) is 6.54 Å². The number of alkyl halides is 3. The van der Waals surface area contributed by atoms with Crippen LogP contribution < -0.4 is 5.32 Å². The Balaban J connectivity index is 2.47. The highest BCUT2D eigenvalue weighted by Gasteiger charge is 2.26. The summed E-state index contributed by atoms with van der Waals surface area (Å²) in [4.78, 5) is 0. The fraction of sp³-hybridized carbons (Fsp3) is 0.750. The topological polar surface area (TPSA) is 29.9 Å². The molecule has 1 atom stereocenters. The van der Waals surface area contributed by atoms with Crippen molar-refractivity contribution < 1.29 is 13.2 Å². The minimum absolute atomic E-state index is 0.0720. The monoisotopic (exact) mass is 263 g/mol. The third kappa shape index (κ3) is 5.08. The van der Waals surface area contributed by atoms with Crippen molar-refractivity contribution in [3.8, 4) is 0 Å². The summed E-state index contributed by atoms with van der Waals surface area (Å²) in [5.41, 5.74) is 1.03. The predicted octanol–water partition coefficient (Wildman–Crippen LogP) is 3.29. The molecule has 18 heavy (non-hydrogen) atoms. The lowest BCUT2D eigenvalue weighted by molar-refractivity contribution is -0.136. The lowest BCUT2D eigenvalue weighted by atomic mass is 10.1. The van der Waals surface area contributed by atoms with Crippen molar-refractivity contribution in [3.05, 3.63) is 18.0 Å². The van der Waals surface area contributed by atoms with Crippen molar-refractivity contribution in [2.24, 2.45) is 0 Å². The molecule has 1 heterocycles. The average Bonchev–Trinajstić information content (AvgIpc) is 2.72. The summed E-state index contributed by atoms with van der Waals surface area (Å²) in [6, 6.07) is 0.228. The molecular weight excluding hydrogens is 243 g/mol. The van der Waals surface area contributed by atoms with E-state index in [1.807, 2.05) is 13.1 Å². The second kappa shape index (κ2) is 6.78. The summed E-state index contributed by atoms with van der Waals surface area (Å²) < 4.78 is 37.6. The maximum Gasteiger partial charge on any atom is 0.389 e. The van der Waals surface area contributed by atoms with Crippen LogP contribution in [0.4, 0.5) is 13.2 Å². The fourth-order valence-electron chi connectivity index (χ4n) is 1.87. The molecule has 0 fully saturated rings. The normalized spacial score (nSPS) is 13.8. The molecule has 0 radical (unpaired) electrons. The third-order valence-corrected chi connectivity index (χ3v) is 2.76. The van der Waals surface area contributed by atoms with E-state index in [9.17, 15) is 13.2 Å². The van der Waals surface area contributed by atoms with Gasteiger partial charge in [-0.05, 0) is 19.4 Å². The van der Waals surface area contributed by atoms with Gasteiger partial charge in [-0.1, -0.05) is 13.8 Å². The first kappa shape index (κ1) is 15.0. The highest BCUT2D eigenvalue weighted by atomic mass is 19.4. The van der Waals surface area contributed by atoms with Gasteiger partial charge in [0.2, 0.25) is 0 Å². The van der Waals surface area contributed by atoms with E-state index in [1.54, 1.807) is 10.9 Å². The maximum absolute atomic E-state index is 12.0. The van der Waals surface area contributed by atoms with Gasteiger partial charge in [0.05, 0.1) is 6.20 Å². The van der Waals surface area contributed by atoms with Gasteiger partial charge in [-0.2, -0.15) is 18.3 Å². The van der Waals surface area contributed by atoms with Gasteiger partial charge < -0.3 is 5.32 Å². The molecule has 6 heteroatoms. The number of halogens is 3. The lowest BCUT2D eigenvalue weighted by Gasteiger charge is -2.13. The maximum atomic E-state index is 12.0. The first-order valence-electron chi connectivity index (χ1n) is 6.28. The Labute approximate surface area is 105 Å². The van der Waals surface area contributed by atoms with Crippen molar-refractivity contribution in [1.82, 2.24) is 15.1 Å². The molecule has 1 unspecified atom stereocenters. The zero-order chi connectivity index (χ0) is 13.6. The largest absolute Gasteiger partial charge is 0.389 e. The summed E-state index contributed by atoms with van der Waals surface area (Å²) in [5, 5.41) is 7.41. The van der Waals surface area contributed by atoms with E-state index in [0.717, 1.165) is 18.5 Å². The second-order valence-electron chi connectivity index (χ2n) is 4.27. The quantitative estimate of drug-likeness (QED) is 0.818. The van der Waals surface area contributed by atoms with Crippen molar-refractivity contribution >= 4 is 0 Å². The first-order chi connectivity index (χ1) is 8.46. The van der Waals surface area contributed by atoms with Crippen LogP contribution in [-0.4, -0.2) is 22.5 Å². The number of rotatable bonds is 7.